The molecule has 1 aliphatic rings. The summed E-state index contributed by atoms with van der Waals surface area (Å²) < 4.78 is 16.1. The molecular formula is C22H22O5. The topological polar surface area (TPSA) is 61.8 Å². The Morgan fingerprint density at radius 1 is 1.15 bits per heavy atom. The lowest BCUT2D eigenvalue weighted by molar-refractivity contribution is -0.145. The highest BCUT2D eigenvalue weighted by Gasteiger charge is 2.30. The van der Waals surface area contributed by atoms with Gasteiger partial charge in [-0.15, -0.1) is 0 Å². The number of aryl methyl sites for hydroxylation is 2. The van der Waals surface area contributed by atoms with Gasteiger partial charge in [-0.3, -0.25) is 4.79 Å². The number of ether oxygens (including phenoxy) is 3. The van der Waals surface area contributed by atoms with Crippen LogP contribution < -0.4 is 9.47 Å². The summed E-state index contributed by atoms with van der Waals surface area (Å²) in [5.74, 6) is 0.582. The van der Waals surface area contributed by atoms with Crippen molar-refractivity contribution in [1.29, 1.82) is 0 Å². The highest BCUT2D eigenvalue weighted by molar-refractivity contribution is 6.15. The Morgan fingerprint density at radius 2 is 1.89 bits per heavy atom. The van der Waals surface area contributed by atoms with Gasteiger partial charge in [0.1, 0.15) is 11.5 Å². The molecule has 2 aromatic carbocycles. The van der Waals surface area contributed by atoms with Gasteiger partial charge in [0.05, 0.1) is 12.2 Å². The van der Waals surface area contributed by atoms with Crippen molar-refractivity contribution in [2.75, 3.05) is 13.2 Å². The number of Topliss-reactive ketones (excluding diaryl/α,β-unsaturated/α-hetero) is 1. The molecule has 0 radical (unpaired) electrons. The van der Waals surface area contributed by atoms with E-state index >= 15 is 0 Å². The summed E-state index contributed by atoms with van der Waals surface area (Å²) in [5, 5.41) is 0. The van der Waals surface area contributed by atoms with Crippen LogP contribution in [0.5, 0.6) is 11.5 Å². The normalized spacial score (nSPS) is 14.0. The maximum absolute atomic E-state index is 12.7. The molecule has 1 aliphatic heterocycles. The minimum Gasteiger partial charge on any atom is -0.482 e. The fourth-order valence-corrected chi connectivity index (χ4v) is 2.91. The smallest absolute Gasteiger partial charge is 0.344 e. The molecule has 5 heteroatoms. The molecule has 0 N–H and O–H groups in total. The van der Waals surface area contributed by atoms with E-state index in [0.717, 1.165) is 17.5 Å². The van der Waals surface area contributed by atoms with Gasteiger partial charge < -0.3 is 14.2 Å². The predicted molar refractivity (Wildman–Crippen MR) is 102 cm³/mol. The van der Waals surface area contributed by atoms with Crippen LogP contribution in [-0.4, -0.2) is 25.0 Å². The average Bonchev–Trinajstić information content (AvgIpc) is 2.97. The second kappa shape index (κ2) is 8.08. The third-order valence-electron chi connectivity index (χ3n) is 4.29. The number of benzene rings is 2. The number of carbonyl (C=O) groups is 2. The van der Waals surface area contributed by atoms with Crippen LogP contribution in [0.2, 0.25) is 0 Å². The third kappa shape index (κ3) is 4.19. The van der Waals surface area contributed by atoms with Crippen molar-refractivity contribution in [1.82, 2.24) is 0 Å². The maximum Gasteiger partial charge on any atom is 0.344 e. The van der Waals surface area contributed by atoms with Gasteiger partial charge in [0.2, 0.25) is 5.78 Å². The van der Waals surface area contributed by atoms with Crippen molar-refractivity contribution < 1.29 is 23.8 Å². The monoisotopic (exact) mass is 366 g/mol. The molecule has 0 amide bonds. The van der Waals surface area contributed by atoms with Gasteiger partial charge in [-0.05, 0) is 49.1 Å². The summed E-state index contributed by atoms with van der Waals surface area (Å²) >= 11 is 0. The second-order valence-corrected chi connectivity index (χ2v) is 6.24. The Hall–Kier alpha value is -3.08. The molecule has 0 saturated carbocycles. The van der Waals surface area contributed by atoms with Gasteiger partial charge in [-0.1, -0.05) is 31.2 Å². The molecule has 3 rings (SSSR count). The molecule has 0 saturated heterocycles. The van der Waals surface area contributed by atoms with Crippen LogP contribution in [-0.2, 0) is 16.0 Å². The number of esters is 1. The zero-order valence-electron chi connectivity index (χ0n) is 15.7. The van der Waals surface area contributed by atoms with E-state index in [1.165, 1.54) is 5.56 Å². The van der Waals surface area contributed by atoms with Crippen LogP contribution in [0.25, 0.3) is 6.08 Å². The molecule has 1 heterocycles. The molecule has 0 aromatic heterocycles. The number of carbonyl (C=O) groups excluding carboxylic acids is 2. The van der Waals surface area contributed by atoms with E-state index in [9.17, 15) is 9.59 Å². The van der Waals surface area contributed by atoms with Crippen LogP contribution in [0.3, 0.4) is 0 Å². The van der Waals surface area contributed by atoms with Crippen LogP contribution in [0.1, 0.15) is 40.9 Å². The first-order valence-electron chi connectivity index (χ1n) is 8.98. The van der Waals surface area contributed by atoms with Crippen molar-refractivity contribution >= 4 is 17.8 Å². The summed E-state index contributed by atoms with van der Waals surface area (Å²) in [6.07, 6.45) is 2.70. The van der Waals surface area contributed by atoms with Crippen molar-refractivity contribution in [2.45, 2.75) is 27.2 Å². The Labute approximate surface area is 158 Å². The molecule has 2 aromatic rings. The van der Waals surface area contributed by atoms with E-state index in [2.05, 4.69) is 6.92 Å². The second-order valence-electron chi connectivity index (χ2n) is 6.24. The van der Waals surface area contributed by atoms with Gasteiger partial charge in [-0.2, -0.15) is 0 Å². The highest BCUT2D eigenvalue weighted by Crippen LogP contribution is 2.37. The van der Waals surface area contributed by atoms with Crippen molar-refractivity contribution in [2.24, 2.45) is 0 Å². The molecule has 0 atom stereocenters. The lowest BCUT2D eigenvalue weighted by Gasteiger charge is -2.08. The van der Waals surface area contributed by atoms with Crippen molar-refractivity contribution in [3.05, 3.63) is 64.4 Å². The van der Waals surface area contributed by atoms with Crippen LogP contribution in [0, 0.1) is 6.92 Å². The zero-order chi connectivity index (χ0) is 19.4. The highest BCUT2D eigenvalue weighted by atomic mass is 16.6. The van der Waals surface area contributed by atoms with Crippen LogP contribution in [0.4, 0.5) is 0 Å². The van der Waals surface area contributed by atoms with Gasteiger partial charge in [-0.25, -0.2) is 4.79 Å². The maximum atomic E-state index is 12.7. The minimum absolute atomic E-state index is 0.154. The Bertz CT molecular complexity index is 894. The van der Waals surface area contributed by atoms with Gasteiger partial charge in [0, 0.05) is 6.07 Å². The number of hydrogen-bond donors (Lipinski definition) is 0. The largest absolute Gasteiger partial charge is 0.482 e. The average molecular weight is 366 g/mol. The lowest BCUT2D eigenvalue weighted by atomic mass is 10.0. The van der Waals surface area contributed by atoms with Crippen LogP contribution in [0.15, 0.2) is 42.2 Å². The van der Waals surface area contributed by atoms with Crippen molar-refractivity contribution in [3.63, 3.8) is 0 Å². The van der Waals surface area contributed by atoms with E-state index < -0.39 is 5.97 Å². The number of ketones is 1. The summed E-state index contributed by atoms with van der Waals surface area (Å²) in [7, 11) is 0. The zero-order valence-corrected chi connectivity index (χ0v) is 15.7. The van der Waals surface area contributed by atoms with Gasteiger partial charge in [0.15, 0.2) is 12.4 Å². The van der Waals surface area contributed by atoms with E-state index in [1.54, 1.807) is 25.1 Å². The first kappa shape index (κ1) is 18.7. The predicted octanol–water partition coefficient (Wildman–Crippen LogP) is 4.12. The third-order valence-corrected chi connectivity index (χ3v) is 4.29. The molecule has 0 fully saturated rings. The number of hydrogen-bond acceptors (Lipinski definition) is 5. The summed E-state index contributed by atoms with van der Waals surface area (Å²) in [6.45, 7) is 5.76. The van der Waals surface area contributed by atoms with E-state index in [0.29, 0.717) is 23.7 Å². The summed E-state index contributed by atoms with van der Waals surface area (Å²) in [5.41, 5.74) is 3.40. The first-order valence-corrected chi connectivity index (χ1v) is 8.98. The molecule has 0 unspecified atom stereocenters. The SMILES string of the molecule is CCOC(=O)COc1cc(C)c2c(c1)O/C(=C\c1ccc(CC)cc1)C2=O. The number of fused-ring (bicyclic) bond motifs is 1. The van der Waals surface area contributed by atoms with E-state index in [4.69, 9.17) is 14.2 Å². The Kier molecular flexibility index (Phi) is 5.60. The Balaban J connectivity index is 1.80. The summed E-state index contributed by atoms with van der Waals surface area (Å²) in [6, 6.07) is 11.3. The molecule has 27 heavy (non-hydrogen) atoms. The van der Waals surface area contributed by atoms with Gasteiger partial charge >= 0.3 is 5.97 Å². The molecule has 140 valence electrons. The molecular weight excluding hydrogens is 344 g/mol. The first-order chi connectivity index (χ1) is 13.0. The van der Waals surface area contributed by atoms with Crippen LogP contribution >= 0.6 is 0 Å². The molecule has 0 spiro atoms. The number of allylic oxidation sites excluding steroid dienone is 1. The molecule has 5 nitrogen and oxygen atoms in total. The number of rotatable bonds is 6. The minimum atomic E-state index is -0.441. The molecule has 0 bridgehead atoms. The fraction of sp³-hybridized carbons (Fsp3) is 0.273. The standard InChI is InChI=1S/C22H22O5/c1-4-15-6-8-16(9-7-15)11-19-22(24)21-14(3)10-17(12-18(21)27-19)26-13-20(23)25-5-2/h6-12H,4-5,13H2,1-3H3/b19-11-. The van der Waals surface area contributed by atoms with Crippen molar-refractivity contribution in [3.8, 4) is 11.5 Å². The Morgan fingerprint density at radius 3 is 2.56 bits per heavy atom. The molecule has 0 aliphatic carbocycles. The van der Waals surface area contributed by atoms with E-state index in [1.807, 2.05) is 31.2 Å². The quantitative estimate of drug-likeness (QED) is 0.569. The lowest BCUT2D eigenvalue weighted by Crippen LogP contribution is -2.14. The van der Waals surface area contributed by atoms with E-state index in [-0.39, 0.29) is 18.1 Å². The fourth-order valence-electron chi connectivity index (χ4n) is 2.91. The van der Waals surface area contributed by atoms with Gasteiger partial charge in [0.25, 0.3) is 0 Å². The summed E-state index contributed by atoms with van der Waals surface area (Å²) in [4.78, 5) is 24.1.